The van der Waals surface area contributed by atoms with Crippen LogP contribution in [0.4, 0.5) is 16.2 Å². The van der Waals surface area contributed by atoms with Gasteiger partial charge in [-0.15, -0.1) is 0 Å². The molecular formula is C11H18FN5O. The molecule has 0 fully saturated rings. The van der Waals surface area contributed by atoms with Crippen molar-refractivity contribution in [1.82, 2.24) is 9.97 Å². The summed E-state index contributed by atoms with van der Waals surface area (Å²) in [4.78, 5) is 18.5. The molecule has 0 aromatic carbocycles. The molecular weight excluding hydrogens is 237 g/mol. The van der Waals surface area contributed by atoms with Crippen LogP contribution in [0.2, 0.25) is 0 Å². The van der Waals surface area contributed by atoms with E-state index in [4.69, 9.17) is 5.73 Å². The molecule has 0 saturated heterocycles. The highest BCUT2D eigenvalue weighted by molar-refractivity contribution is 5.74. The Kier molecular flexibility index (Phi) is 5.29. The molecule has 0 aliphatic rings. The first-order chi connectivity index (χ1) is 8.52. The Labute approximate surface area is 105 Å². The van der Waals surface area contributed by atoms with Crippen molar-refractivity contribution in [3.63, 3.8) is 0 Å². The predicted octanol–water partition coefficient (Wildman–Crippen LogP) is 1.11. The van der Waals surface area contributed by atoms with Crippen molar-refractivity contribution in [2.75, 3.05) is 17.2 Å². The second kappa shape index (κ2) is 6.73. The van der Waals surface area contributed by atoms with E-state index in [9.17, 15) is 9.18 Å². The summed E-state index contributed by atoms with van der Waals surface area (Å²) < 4.78 is 13.5. The van der Waals surface area contributed by atoms with Crippen molar-refractivity contribution >= 4 is 17.7 Å². The average molecular weight is 255 g/mol. The Morgan fingerprint density at radius 3 is 2.94 bits per heavy atom. The Balaban J connectivity index is 2.71. The minimum atomic E-state index is -0.562. The van der Waals surface area contributed by atoms with E-state index in [1.54, 1.807) is 6.92 Å². The first-order valence-corrected chi connectivity index (χ1v) is 5.84. The van der Waals surface area contributed by atoms with E-state index in [0.29, 0.717) is 12.5 Å². The molecule has 6 nitrogen and oxygen atoms in total. The third kappa shape index (κ3) is 4.52. The van der Waals surface area contributed by atoms with Gasteiger partial charge in [-0.3, -0.25) is 4.79 Å². The summed E-state index contributed by atoms with van der Waals surface area (Å²) in [6.45, 7) is 4.44. The summed E-state index contributed by atoms with van der Waals surface area (Å²) in [5, 5.41) is 5.75. The molecule has 1 aromatic heterocycles. The van der Waals surface area contributed by atoms with Crippen LogP contribution in [0.3, 0.4) is 0 Å². The summed E-state index contributed by atoms with van der Waals surface area (Å²) in [6.07, 6.45) is 2.12. The molecule has 0 radical (unpaired) electrons. The third-order valence-corrected chi connectivity index (χ3v) is 2.17. The largest absolute Gasteiger partial charge is 0.370 e. The highest BCUT2D eigenvalue weighted by Gasteiger charge is 2.11. The lowest BCUT2D eigenvalue weighted by atomic mass is 10.2. The van der Waals surface area contributed by atoms with Crippen LogP contribution in [0.15, 0.2) is 6.20 Å². The number of amides is 1. The number of hydrogen-bond acceptors (Lipinski definition) is 5. The molecule has 0 aliphatic carbocycles. The van der Waals surface area contributed by atoms with Crippen molar-refractivity contribution in [1.29, 1.82) is 0 Å². The van der Waals surface area contributed by atoms with E-state index >= 15 is 0 Å². The van der Waals surface area contributed by atoms with E-state index in [-0.39, 0.29) is 18.3 Å². The quantitative estimate of drug-likeness (QED) is 0.678. The van der Waals surface area contributed by atoms with Gasteiger partial charge >= 0.3 is 0 Å². The van der Waals surface area contributed by atoms with Crippen LogP contribution in [0.1, 0.15) is 26.7 Å². The van der Waals surface area contributed by atoms with Crippen LogP contribution >= 0.6 is 0 Å². The molecule has 7 heteroatoms. The van der Waals surface area contributed by atoms with Gasteiger partial charge in [-0.1, -0.05) is 6.92 Å². The zero-order chi connectivity index (χ0) is 13.5. The summed E-state index contributed by atoms with van der Waals surface area (Å²) in [5.74, 6) is -0.591. The molecule has 1 rings (SSSR count). The van der Waals surface area contributed by atoms with Crippen molar-refractivity contribution < 1.29 is 9.18 Å². The van der Waals surface area contributed by atoms with E-state index in [1.165, 1.54) is 0 Å². The van der Waals surface area contributed by atoms with Gasteiger partial charge in [-0.25, -0.2) is 9.37 Å². The third-order valence-electron chi connectivity index (χ3n) is 2.17. The molecule has 0 spiro atoms. The Morgan fingerprint density at radius 2 is 2.33 bits per heavy atom. The maximum Gasteiger partial charge on any atom is 0.224 e. The van der Waals surface area contributed by atoms with Crippen LogP contribution in [0, 0.1) is 5.82 Å². The lowest BCUT2D eigenvalue weighted by molar-refractivity contribution is -0.118. The fourth-order valence-electron chi connectivity index (χ4n) is 1.38. The van der Waals surface area contributed by atoms with Gasteiger partial charge in [0.25, 0.3) is 0 Å². The number of nitrogens with two attached hydrogens (primary N) is 1. The van der Waals surface area contributed by atoms with Crippen molar-refractivity contribution in [2.24, 2.45) is 5.73 Å². The van der Waals surface area contributed by atoms with E-state index < -0.39 is 11.7 Å². The molecule has 1 aromatic rings. The number of aromatic nitrogens is 2. The van der Waals surface area contributed by atoms with Crippen LogP contribution in [0.25, 0.3) is 0 Å². The van der Waals surface area contributed by atoms with Gasteiger partial charge in [0.1, 0.15) is 0 Å². The molecule has 0 aliphatic heterocycles. The molecule has 4 N–H and O–H groups in total. The van der Waals surface area contributed by atoms with E-state index in [1.807, 2.05) is 6.92 Å². The van der Waals surface area contributed by atoms with Crippen molar-refractivity contribution in [2.45, 2.75) is 32.7 Å². The smallest absolute Gasteiger partial charge is 0.224 e. The van der Waals surface area contributed by atoms with Gasteiger partial charge in [0.05, 0.1) is 6.20 Å². The minimum absolute atomic E-state index is 0.0670. The number of nitrogens with zero attached hydrogens (tertiary/aromatic N) is 2. The fraction of sp³-hybridized carbons (Fsp3) is 0.545. The average Bonchev–Trinajstić information content (AvgIpc) is 2.29. The van der Waals surface area contributed by atoms with Crippen LogP contribution in [0.5, 0.6) is 0 Å². The van der Waals surface area contributed by atoms with Gasteiger partial charge in [0.2, 0.25) is 11.9 Å². The molecule has 0 bridgehead atoms. The van der Waals surface area contributed by atoms with E-state index in [0.717, 1.165) is 12.6 Å². The zero-order valence-electron chi connectivity index (χ0n) is 10.5. The SMILES string of the molecule is CCCNc1ncc(F)c(NC(C)CC(N)=O)n1. The first-order valence-electron chi connectivity index (χ1n) is 5.84. The zero-order valence-corrected chi connectivity index (χ0v) is 10.5. The maximum atomic E-state index is 13.5. The van der Waals surface area contributed by atoms with E-state index in [2.05, 4.69) is 20.6 Å². The van der Waals surface area contributed by atoms with Gasteiger partial charge in [-0.05, 0) is 13.3 Å². The summed E-state index contributed by atoms with van der Waals surface area (Å²) in [7, 11) is 0. The maximum absolute atomic E-state index is 13.5. The van der Waals surface area contributed by atoms with Gasteiger partial charge < -0.3 is 16.4 Å². The molecule has 18 heavy (non-hydrogen) atoms. The predicted molar refractivity (Wildman–Crippen MR) is 67.7 cm³/mol. The summed E-state index contributed by atoms with van der Waals surface area (Å²) in [6, 6.07) is -0.286. The standard InChI is InChI=1S/C11H18FN5O/c1-3-4-14-11-15-6-8(12)10(17-11)16-7(2)5-9(13)18/h6-7H,3-5H2,1-2H3,(H2,13,18)(H2,14,15,16,17). The van der Waals surface area contributed by atoms with Crippen LogP contribution in [-0.4, -0.2) is 28.5 Å². The Hall–Kier alpha value is -1.92. The molecule has 1 unspecified atom stereocenters. The molecule has 1 heterocycles. The summed E-state index contributed by atoms with van der Waals surface area (Å²) in [5.41, 5.74) is 5.06. The number of carbonyl (C=O) groups is 1. The molecule has 100 valence electrons. The first kappa shape index (κ1) is 14.1. The highest BCUT2D eigenvalue weighted by atomic mass is 19.1. The summed E-state index contributed by atoms with van der Waals surface area (Å²) >= 11 is 0. The number of rotatable bonds is 7. The second-order valence-electron chi connectivity index (χ2n) is 4.03. The lowest BCUT2D eigenvalue weighted by Gasteiger charge is -2.14. The molecule has 1 amide bonds. The monoisotopic (exact) mass is 255 g/mol. The normalized spacial score (nSPS) is 11.9. The van der Waals surface area contributed by atoms with Gasteiger partial charge in [0.15, 0.2) is 11.6 Å². The number of carbonyl (C=O) groups excluding carboxylic acids is 1. The number of nitrogens with one attached hydrogen (secondary N) is 2. The number of hydrogen-bond donors (Lipinski definition) is 3. The molecule has 1 atom stereocenters. The highest BCUT2D eigenvalue weighted by Crippen LogP contribution is 2.13. The second-order valence-corrected chi connectivity index (χ2v) is 4.03. The van der Waals surface area contributed by atoms with Crippen molar-refractivity contribution in [3.8, 4) is 0 Å². The topological polar surface area (TPSA) is 92.9 Å². The number of halogens is 1. The Morgan fingerprint density at radius 1 is 1.61 bits per heavy atom. The lowest BCUT2D eigenvalue weighted by Crippen LogP contribution is -2.25. The number of primary amides is 1. The van der Waals surface area contributed by atoms with Crippen LogP contribution < -0.4 is 16.4 Å². The van der Waals surface area contributed by atoms with Gasteiger partial charge in [0, 0.05) is 19.0 Å². The van der Waals surface area contributed by atoms with Crippen LogP contribution in [-0.2, 0) is 4.79 Å². The molecule has 0 saturated carbocycles. The van der Waals surface area contributed by atoms with Gasteiger partial charge in [-0.2, -0.15) is 4.98 Å². The Bertz CT molecular complexity index is 412. The van der Waals surface area contributed by atoms with Crippen molar-refractivity contribution in [3.05, 3.63) is 12.0 Å². The minimum Gasteiger partial charge on any atom is -0.370 e. The number of anilines is 2. The fourth-order valence-corrected chi connectivity index (χ4v) is 1.38.